The molecule has 0 radical (unpaired) electrons. The highest BCUT2D eigenvalue weighted by atomic mass is 31.2. The van der Waals surface area contributed by atoms with Crippen LogP contribution in [0.1, 0.15) is 26.2 Å². The maximum atomic E-state index is 14.4. The Hall–Kier alpha value is -2.61. The van der Waals surface area contributed by atoms with Gasteiger partial charge in [-0.25, -0.2) is 0 Å². The molecule has 1 unspecified atom stereocenters. The van der Waals surface area contributed by atoms with E-state index in [1.807, 2.05) is 78.9 Å². The van der Waals surface area contributed by atoms with Crippen LogP contribution in [0.25, 0.3) is 21.5 Å². The molecule has 0 amide bonds. The summed E-state index contributed by atoms with van der Waals surface area (Å²) >= 11 is 0. The van der Waals surface area contributed by atoms with Crippen LogP contribution in [0.4, 0.5) is 0 Å². The van der Waals surface area contributed by atoms with E-state index >= 15 is 0 Å². The topological polar surface area (TPSA) is 35.5 Å². The molecule has 3 nitrogen and oxygen atoms in total. The minimum atomic E-state index is -3.31. The van der Waals surface area contributed by atoms with E-state index in [2.05, 4.69) is 6.92 Å². The average Bonchev–Trinajstić information content (AvgIpc) is 2.81. The summed E-state index contributed by atoms with van der Waals surface area (Å²) in [7, 11) is -1.77. The van der Waals surface area contributed by atoms with Gasteiger partial charge in [-0.3, -0.25) is 4.57 Å². The third kappa shape index (κ3) is 3.76. The molecule has 0 aliphatic rings. The molecule has 0 aliphatic heterocycles. The molecule has 0 saturated heterocycles. The van der Waals surface area contributed by atoms with Crippen LogP contribution in [-0.4, -0.2) is 13.7 Å². The Morgan fingerprint density at radius 1 is 0.733 bits per heavy atom. The molecule has 0 heterocycles. The second-order valence-corrected chi connectivity index (χ2v) is 9.85. The monoisotopic (exact) mass is 418 g/mol. The lowest BCUT2D eigenvalue weighted by Gasteiger charge is -2.21. The fraction of sp³-hybridized carbons (Fsp3) is 0.231. The first-order chi connectivity index (χ1) is 14.7. The highest BCUT2D eigenvalue weighted by Gasteiger charge is 2.31. The Labute approximate surface area is 178 Å². The molecule has 0 spiro atoms. The van der Waals surface area contributed by atoms with Crippen LogP contribution in [0.3, 0.4) is 0 Å². The molecule has 4 rings (SSSR count). The van der Waals surface area contributed by atoms with Crippen molar-refractivity contribution in [3.8, 4) is 5.75 Å². The van der Waals surface area contributed by atoms with E-state index in [0.717, 1.165) is 51.9 Å². The molecule has 1 atom stereocenters. The quantitative estimate of drug-likeness (QED) is 0.244. The van der Waals surface area contributed by atoms with Gasteiger partial charge in [-0.2, -0.15) is 0 Å². The van der Waals surface area contributed by atoms with Gasteiger partial charge < -0.3 is 9.26 Å². The summed E-state index contributed by atoms with van der Waals surface area (Å²) in [5, 5.41) is 5.30. The van der Waals surface area contributed by atoms with Crippen molar-refractivity contribution < 1.29 is 13.8 Å². The fourth-order valence-corrected chi connectivity index (χ4v) is 6.20. The van der Waals surface area contributed by atoms with Gasteiger partial charge in [0.15, 0.2) is 0 Å². The lowest BCUT2D eigenvalue weighted by atomic mass is 10.1. The normalized spacial score (nSPS) is 13.4. The van der Waals surface area contributed by atoms with Crippen LogP contribution in [0.15, 0.2) is 78.9 Å². The van der Waals surface area contributed by atoms with Crippen molar-refractivity contribution in [2.75, 3.05) is 13.7 Å². The largest absolute Gasteiger partial charge is 0.493 e. The maximum absolute atomic E-state index is 14.4. The molecular formula is C26H27O3P. The van der Waals surface area contributed by atoms with E-state index < -0.39 is 7.37 Å². The molecule has 0 aromatic heterocycles. The summed E-state index contributed by atoms with van der Waals surface area (Å²) in [6.45, 7) is 2.86. The molecule has 0 bridgehead atoms. The van der Waals surface area contributed by atoms with Gasteiger partial charge in [-0.1, -0.05) is 80.4 Å². The lowest BCUT2D eigenvalue weighted by molar-refractivity contribution is 0.310. The highest BCUT2D eigenvalue weighted by Crippen LogP contribution is 2.48. The molecular weight excluding hydrogens is 391 g/mol. The number of unbranched alkanes of at least 4 members (excludes halogenated alkanes) is 2. The van der Waals surface area contributed by atoms with E-state index in [1.54, 1.807) is 0 Å². The number of rotatable bonds is 8. The lowest BCUT2D eigenvalue weighted by Crippen LogP contribution is -2.19. The van der Waals surface area contributed by atoms with Crippen LogP contribution in [-0.2, 0) is 9.09 Å². The fourth-order valence-electron chi connectivity index (χ4n) is 3.96. The molecule has 4 heteroatoms. The summed E-state index contributed by atoms with van der Waals surface area (Å²) in [5.41, 5.74) is 0. The molecule has 0 aliphatic carbocycles. The minimum absolute atomic E-state index is 0.683. The second-order valence-electron chi connectivity index (χ2n) is 7.42. The van der Waals surface area contributed by atoms with Gasteiger partial charge in [0.05, 0.1) is 6.61 Å². The third-order valence-corrected chi connectivity index (χ3v) is 8.09. The Morgan fingerprint density at radius 2 is 1.40 bits per heavy atom. The van der Waals surface area contributed by atoms with Gasteiger partial charge in [0, 0.05) is 23.1 Å². The predicted molar refractivity (Wildman–Crippen MR) is 127 cm³/mol. The summed E-state index contributed by atoms with van der Waals surface area (Å²) in [5.74, 6) is 0.825. The standard InChI is InChI=1S/C26H27O3P/c1-3-4-9-19-29-24-17-18-26(23-15-8-7-14-22(23)24)30(27,28-2)25-16-10-12-20-11-5-6-13-21(20)25/h5-8,10-18H,3-4,9,19H2,1-2H3. The Balaban J connectivity index is 1.86. The van der Waals surface area contributed by atoms with Gasteiger partial charge in [0.2, 0.25) is 0 Å². The van der Waals surface area contributed by atoms with E-state index in [1.165, 1.54) is 7.11 Å². The number of ether oxygens (including phenoxy) is 1. The van der Waals surface area contributed by atoms with Crippen molar-refractivity contribution in [3.05, 3.63) is 78.9 Å². The predicted octanol–water partition coefficient (Wildman–Crippen LogP) is 6.44. The molecule has 4 aromatic carbocycles. The summed E-state index contributed by atoms with van der Waals surface area (Å²) in [6, 6.07) is 25.7. The maximum Gasteiger partial charge on any atom is 0.262 e. The zero-order chi connectivity index (χ0) is 21.0. The third-order valence-electron chi connectivity index (χ3n) is 5.52. The van der Waals surface area contributed by atoms with Gasteiger partial charge in [0.1, 0.15) is 5.75 Å². The van der Waals surface area contributed by atoms with E-state index in [0.29, 0.717) is 11.9 Å². The first-order valence-corrected chi connectivity index (χ1v) is 12.1. The molecule has 0 saturated carbocycles. The minimum Gasteiger partial charge on any atom is -0.493 e. The zero-order valence-corrected chi connectivity index (χ0v) is 18.4. The number of fused-ring (bicyclic) bond motifs is 2. The first kappa shape index (κ1) is 20.7. The van der Waals surface area contributed by atoms with Crippen LogP contribution in [0.2, 0.25) is 0 Å². The van der Waals surface area contributed by atoms with E-state index in [9.17, 15) is 4.57 Å². The molecule has 154 valence electrons. The molecule has 4 aromatic rings. The van der Waals surface area contributed by atoms with Crippen molar-refractivity contribution in [1.82, 2.24) is 0 Å². The average molecular weight is 418 g/mol. The van der Waals surface area contributed by atoms with Gasteiger partial charge >= 0.3 is 0 Å². The Kier molecular flexibility index (Phi) is 6.22. The molecule has 0 N–H and O–H groups in total. The second kappa shape index (κ2) is 9.04. The van der Waals surface area contributed by atoms with Gasteiger partial charge in [-0.15, -0.1) is 0 Å². The smallest absolute Gasteiger partial charge is 0.262 e. The van der Waals surface area contributed by atoms with Crippen molar-refractivity contribution in [2.45, 2.75) is 26.2 Å². The number of hydrogen-bond acceptors (Lipinski definition) is 3. The van der Waals surface area contributed by atoms with Crippen LogP contribution >= 0.6 is 7.37 Å². The van der Waals surface area contributed by atoms with E-state index in [4.69, 9.17) is 9.26 Å². The van der Waals surface area contributed by atoms with E-state index in [-0.39, 0.29) is 0 Å². The SMILES string of the molecule is CCCCCOc1ccc(P(=O)(OC)c2cccc3ccccc23)c2ccccc12. The molecule has 30 heavy (non-hydrogen) atoms. The van der Waals surface area contributed by atoms with Gasteiger partial charge in [0.25, 0.3) is 7.37 Å². The van der Waals surface area contributed by atoms with Crippen LogP contribution in [0, 0.1) is 0 Å². The summed E-state index contributed by atoms with van der Waals surface area (Å²) in [6.07, 6.45) is 3.33. The molecule has 0 fully saturated rings. The van der Waals surface area contributed by atoms with Crippen molar-refractivity contribution >= 4 is 39.5 Å². The first-order valence-electron chi connectivity index (χ1n) is 10.5. The van der Waals surface area contributed by atoms with Crippen molar-refractivity contribution in [3.63, 3.8) is 0 Å². The number of hydrogen-bond donors (Lipinski definition) is 0. The van der Waals surface area contributed by atoms with Crippen molar-refractivity contribution in [1.29, 1.82) is 0 Å². The number of benzene rings is 4. The zero-order valence-electron chi connectivity index (χ0n) is 17.5. The highest BCUT2D eigenvalue weighted by molar-refractivity contribution is 7.75. The van der Waals surface area contributed by atoms with Crippen LogP contribution in [0.5, 0.6) is 5.75 Å². The Bertz CT molecular complexity index is 1210. The Morgan fingerprint density at radius 3 is 2.17 bits per heavy atom. The van der Waals surface area contributed by atoms with Crippen molar-refractivity contribution in [2.24, 2.45) is 0 Å². The summed E-state index contributed by atoms with van der Waals surface area (Å²) < 4.78 is 26.2. The summed E-state index contributed by atoms with van der Waals surface area (Å²) in [4.78, 5) is 0. The van der Waals surface area contributed by atoms with Gasteiger partial charge in [-0.05, 0) is 40.8 Å². The van der Waals surface area contributed by atoms with Crippen LogP contribution < -0.4 is 15.3 Å².